The van der Waals surface area contributed by atoms with Gasteiger partial charge in [0.2, 0.25) is 0 Å². The second-order valence-electron chi connectivity index (χ2n) is 0.448. The second-order valence-corrected chi connectivity index (χ2v) is 1.34. The molecule has 0 unspecified atom stereocenters. The van der Waals surface area contributed by atoms with Gasteiger partial charge in [0.1, 0.15) is 0 Å². The van der Waals surface area contributed by atoms with Crippen LogP contribution < -0.4 is 0 Å². The first-order valence-electron chi connectivity index (χ1n) is 0.698. The molecule has 7 heavy (non-hydrogen) atoms. The van der Waals surface area contributed by atoms with Crippen molar-refractivity contribution in [2.45, 2.75) is 0 Å². The van der Waals surface area contributed by atoms with Gasteiger partial charge in [-0.25, -0.2) is 0 Å². The van der Waals surface area contributed by atoms with Crippen molar-refractivity contribution >= 4 is 84.8 Å². The van der Waals surface area contributed by atoms with Crippen LogP contribution in [0.25, 0.3) is 0 Å². The van der Waals surface area contributed by atoms with Gasteiger partial charge < -0.3 is 0 Å². The maximum atomic E-state index is 8.74. The van der Waals surface area contributed by atoms with Crippen molar-refractivity contribution in [3.05, 3.63) is 0 Å². The van der Waals surface area contributed by atoms with Crippen LogP contribution in [0.1, 0.15) is 0 Å². The van der Waals surface area contributed by atoms with Gasteiger partial charge in [-0.3, -0.25) is 9.11 Å². The predicted octanol–water partition coefficient (Wildman–Crippen LogP) is -1.41. The average Bonchev–Trinajstić information content (AvgIpc) is 0.722. The van der Waals surface area contributed by atoms with Gasteiger partial charge >= 0.3 is 10.4 Å². The second kappa shape index (κ2) is 6.39. The molecule has 0 aromatic heterocycles. The van der Waals surface area contributed by atoms with Gasteiger partial charge in [0, 0.05) is 74.4 Å². The zero-order chi connectivity index (χ0) is 4.50. The van der Waals surface area contributed by atoms with Gasteiger partial charge in [0.15, 0.2) is 0 Å². The van der Waals surface area contributed by atoms with Crippen LogP contribution in [-0.2, 0) is 10.4 Å². The van der Waals surface area contributed by atoms with Crippen molar-refractivity contribution in [1.29, 1.82) is 0 Å². The van der Waals surface area contributed by atoms with E-state index in [1.165, 1.54) is 0 Å². The van der Waals surface area contributed by atoms with E-state index in [9.17, 15) is 0 Å². The quantitative estimate of drug-likeness (QED) is 0.338. The third-order valence-electron chi connectivity index (χ3n) is 0. The molecule has 0 saturated heterocycles. The fourth-order valence-electron chi connectivity index (χ4n) is 0. The molecular weight excluding hydrogens is 159 g/mol. The minimum atomic E-state index is -4.67. The number of hydrogen-bond donors (Lipinski definition) is 2. The van der Waals surface area contributed by atoms with E-state index in [0.717, 1.165) is 0 Å². The smallest absolute Gasteiger partial charge is 0.264 e. The van der Waals surface area contributed by atoms with Crippen molar-refractivity contribution in [2.24, 2.45) is 0 Å². The van der Waals surface area contributed by atoms with E-state index in [2.05, 4.69) is 0 Å². The molecule has 0 aromatic carbocycles. The molecule has 7 heteroatoms. The zero-order valence-electron chi connectivity index (χ0n) is 3.83. The molecule has 0 aliphatic carbocycles. The summed E-state index contributed by atoms with van der Waals surface area (Å²) >= 11 is 0. The molecular formula is H2KMgO4S. The monoisotopic (exact) mass is 161 g/mol. The third kappa shape index (κ3) is 63.0. The van der Waals surface area contributed by atoms with Crippen LogP contribution in [0.4, 0.5) is 0 Å². The van der Waals surface area contributed by atoms with E-state index in [4.69, 9.17) is 17.5 Å². The van der Waals surface area contributed by atoms with Gasteiger partial charge in [0.05, 0.1) is 0 Å². The van der Waals surface area contributed by atoms with E-state index in [1.807, 2.05) is 0 Å². The molecule has 0 heterocycles. The van der Waals surface area contributed by atoms with Gasteiger partial charge in [-0.05, 0) is 0 Å². The summed E-state index contributed by atoms with van der Waals surface area (Å²) < 4.78 is 31.6. The van der Waals surface area contributed by atoms with Gasteiger partial charge in [-0.2, -0.15) is 8.42 Å². The molecule has 0 atom stereocenters. The molecule has 2 N–H and O–H groups in total. The molecule has 3 radical (unpaired) electrons. The summed E-state index contributed by atoms with van der Waals surface area (Å²) in [6, 6.07) is 0. The first kappa shape index (κ1) is 16.1. The minimum Gasteiger partial charge on any atom is -0.264 e. The zero-order valence-corrected chi connectivity index (χ0v) is 9.18. The van der Waals surface area contributed by atoms with Crippen molar-refractivity contribution in [3.8, 4) is 0 Å². The molecule has 0 aliphatic heterocycles. The maximum Gasteiger partial charge on any atom is 0.394 e. The molecule has 0 fully saturated rings. The first-order chi connectivity index (χ1) is 2.00. The van der Waals surface area contributed by atoms with Crippen LogP contribution in [0.2, 0.25) is 0 Å². The van der Waals surface area contributed by atoms with Crippen LogP contribution in [0.3, 0.4) is 0 Å². The minimum absolute atomic E-state index is 0. The SMILES string of the molecule is O=S(=O)(O)O.[K].[Mg]. The summed E-state index contributed by atoms with van der Waals surface area (Å²) in [4.78, 5) is 0. The standard InChI is InChI=1S/K.Mg.H2O4S/c;;1-5(2,3)4/h;;(H2,1,2,3,4). The Bertz CT molecular complexity index is 94.9. The first-order valence-corrected chi connectivity index (χ1v) is 2.10. The van der Waals surface area contributed by atoms with E-state index in [1.54, 1.807) is 0 Å². The molecule has 0 amide bonds. The molecule has 0 aliphatic rings. The largest absolute Gasteiger partial charge is 0.394 e. The topological polar surface area (TPSA) is 74.6 Å². The van der Waals surface area contributed by atoms with Crippen LogP contribution >= 0.6 is 0 Å². The predicted molar refractivity (Wildman–Crippen MR) is 25.7 cm³/mol. The average molecular weight is 161 g/mol. The molecule has 0 bridgehead atoms. The Balaban J connectivity index is -0.0000000800. The van der Waals surface area contributed by atoms with Crippen molar-refractivity contribution in [2.75, 3.05) is 0 Å². The normalized spacial score (nSPS) is 8.29. The van der Waals surface area contributed by atoms with E-state index in [0.29, 0.717) is 0 Å². The van der Waals surface area contributed by atoms with Crippen LogP contribution in [0.15, 0.2) is 0 Å². The number of rotatable bonds is 0. The Morgan fingerprint density at radius 3 is 1.14 bits per heavy atom. The van der Waals surface area contributed by atoms with Gasteiger partial charge in [-0.15, -0.1) is 0 Å². The Morgan fingerprint density at radius 2 is 1.14 bits per heavy atom. The Hall–Kier alpha value is 2.27. The summed E-state index contributed by atoms with van der Waals surface area (Å²) in [6.45, 7) is 0. The van der Waals surface area contributed by atoms with Gasteiger partial charge in [0.25, 0.3) is 0 Å². The molecule has 0 saturated carbocycles. The fourth-order valence-corrected chi connectivity index (χ4v) is 0. The van der Waals surface area contributed by atoms with Crippen molar-refractivity contribution in [3.63, 3.8) is 0 Å². The summed E-state index contributed by atoms with van der Waals surface area (Å²) in [5.74, 6) is 0. The van der Waals surface area contributed by atoms with Crippen LogP contribution in [-0.4, -0.2) is 92.0 Å². The van der Waals surface area contributed by atoms with Crippen molar-refractivity contribution in [1.82, 2.24) is 0 Å². The summed E-state index contributed by atoms with van der Waals surface area (Å²) in [6.07, 6.45) is 0. The number of hydrogen-bond acceptors (Lipinski definition) is 2. The molecule has 0 spiro atoms. The van der Waals surface area contributed by atoms with E-state index < -0.39 is 10.4 Å². The Labute approximate surface area is 100 Å². The molecule has 35 valence electrons. The molecule has 4 nitrogen and oxygen atoms in total. The van der Waals surface area contributed by atoms with Crippen molar-refractivity contribution < 1.29 is 17.5 Å². The summed E-state index contributed by atoms with van der Waals surface area (Å²) in [5, 5.41) is 0. The third-order valence-corrected chi connectivity index (χ3v) is 0. The van der Waals surface area contributed by atoms with Crippen LogP contribution in [0.5, 0.6) is 0 Å². The summed E-state index contributed by atoms with van der Waals surface area (Å²) in [5.41, 5.74) is 0. The Kier molecular flexibility index (Phi) is 14.7. The Morgan fingerprint density at radius 1 is 1.14 bits per heavy atom. The van der Waals surface area contributed by atoms with E-state index >= 15 is 0 Å². The van der Waals surface area contributed by atoms with Gasteiger partial charge in [-0.1, -0.05) is 0 Å². The van der Waals surface area contributed by atoms with E-state index in [-0.39, 0.29) is 74.4 Å². The molecule has 0 rings (SSSR count). The molecule has 0 aromatic rings. The maximum absolute atomic E-state index is 8.74. The van der Waals surface area contributed by atoms with Crippen LogP contribution in [0, 0.1) is 0 Å². The summed E-state index contributed by atoms with van der Waals surface area (Å²) in [7, 11) is -4.67. The fraction of sp³-hybridized carbons (Fsp3) is 0.